The van der Waals surface area contributed by atoms with Crippen LogP contribution in [0.2, 0.25) is 0 Å². The Morgan fingerprint density at radius 2 is 2.33 bits per heavy atom. The van der Waals surface area contributed by atoms with Crippen molar-refractivity contribution in [3.63, 3.8) is 0 Å². The Bertz CT molecular complexity index is 444. The highest BCUT2D eigenvalue weighted by atomic mass is 16.3. The van der Waals surface area contributed by atoms with Gasteiger partial charge in [-0.25, -0.2) is 0 Å². The third-order valence-electron chi connectivity index (χ3n) is 1.85. The van der Waals surface area contributed by atoms with Crippen molar-refractivity contribution in [2.75, 3.05) is 7.05 Å². The van der Waals surface area contributed by atoms with Gasteiger partial charge in [0, 0.05) is 12.6 Å². The second kappa shape index (κ2) is 4.82. The Balaban J connectivity index is 2.98. The SMILES string of the molecule is CN/C=C\C(=N)c1ccc(C#N)c(O)c1. The van der Waals surface area contributed by atoms with Crippen LogP contribution < -0.4 is 5.32 Å². The maximum atomic E-state index is 9.41. The number of phenols is 1. The smallest absolute Gasteiger partial charge is 0.134 e. The maximum absolute atomic E-state index is 9.41. The minimum atomic E-state index is -0.0994. The molecule has 0 aliphatic heterocycles. The summed E-state index contributed by atoms with van der Waals surface area (Å²) in [6.07, 6.45) is 3.19. The molecule has 0 aliphatic rings. The lowest BCUT2D eigenvalue weighted by molar-refractivity contribution is 0.473. The lowest BCUT2D eigenvalue weighted by atomic mass is 10.1. The summed E-state index contributed by atoms with van der Waals surface area (Å²) >= 11 is 0. The molecule has 76 valence electrons. The average molecular weight is 201 g/mol. The van der Waals surface area contributed by atoms with E-state index in [4.69, 9.17) is 10.7 Å². The fraction of sp³-hybridized carbons (Fsp3) is 0.0909. The van der Waals surface area contributed by atoms with Crippen LogP contribution in [0.5, 0.6) is 5.75 Å². The predicted molar refractivity (Wildman–Crippen MR) is 57.9 cm³/mol. The van der Waals surface area contributed by atoms with E-state index < -0.39 is 0 Å². The molecule has 0 atom stereocenters. The second-order valence-corrected chi connectivity index (χ2v) is 2.88. The number of nitrogens with one attached hydrogen (secondary N) is 2. The lowest BCUT2D eigenvalue weighted by Crippen LogP contribution is -1.98. The predicted octanol–water partition coefficient (Wildman–Crippen LogP) is 1.36. The van der Waals surface area contributed by atoms with Crippen molar-refractivity contribution in [3.05, 3.63) is 41.6 Å². The van der Waals surface area contributed by atoms with Gasteiger partial charge in [-0.15, -0.1) is 0 Å². The van der Waals surface area contributed by atoms with Gasteiger partial charge in [0.05, 0.1) is 11.3 Å². The van der Waals surface area contributed by atoms with Crippen LogP contribution >= 0.6 is 0 Å². The summed E-state index contributed by atoms with van der Waals surface area (Å²) in [7, 11) is 1.74. The molecule has 0 fully saturated rings. The maximum Gasteiger partial charge on any atom is 0.134 e. The quantitative estimate of drug-likeness (QED) is 0.646. The van der Waals surface area contributed by atoms with Gasteiger partial charge in [-0.3, -0.25) is 0 Å². The van der Waals surface area contributed by atoms with Crippen molar-refractivity contribution in [1.82, 2.24) is 5.32 Å². The van der Waals surface area contributed by atoms with E-state index in [1.807, 2.05) is 6.07 Å². The van der Waals surface area contributed by atoms with Crippen molar-refractivity contribution in [2.45, 2.75) is 0 Å². The molecule has 1 aromatic rings. The fourth-order valence-electron chi connectivity index (χ4n) is 1.06. The van der Waals surface area contributed by atoms with E-state index in [0.717, 1.165) is 0 Å². The summed E-state index contributed by atoms with van der Waals surface area (Å²) in [5.74, 6) is -0.0994. The summed E-state index contributed by atoms with van der Waals surface area (Å²) in [4.78, 5) is 0. The first-order valence-corrected chi connectivity index (χ1v) is 4.35. The van der Waals surface area contributed by atoms with Crippen molar-refractivity contribution >= 4 is 5.71 Å². The van der Waals surface area contributed by atoms with E-state index in [9.17, 15) is 5.11 Å². The Hall–Kier alpha value is -2.28. The number of nitrogens with zero attached hydrogens (tertiary/aromatic N) is 1. The summed E-state index contributed by atoms with van der Waals surface area (Å²) in [5, 5.41) is 28.4. The van der Waals surface area contributed by atoms with Crippen molar-refractivity contribution < 1.29 is 5.11 Å². The van der Waals surface area contributed by atoms with Crippen LogP contribution in [0, 0.1) is 16.7 Å². The van der Waals surface area contributed by atoms with E-state index in [1.54, 1.807) is 25.4 Å². The number of rotatable bonds is 3. The van der Waals surface area contributed by atoms with E-state index in [0.29, 0.717) is 5.56 Å². The Labute approximate surface area is 88.0 Å². The van der Waals surface area contributed by atoms with Gasteiger partial charge in [0.15, 0.2) is 0 Å². The van der Waals surface area contributed by atoms with Crippen LogP contribution in [-0.2, 0) is 0 Å². The molecule has 0 bridgehead atoms. The van der Waals surface area contributed by atoms with E-state index >= 15 is 0 Å². The van der Waals surface area contributed by atoms with Gasteiger partial charge >= 0.3 is 0 Å². The van der Waals surface area contributed by atoms with Gasteiger partial charge in [-0.2, -0.15) is 5.26 Å². The zero-order valence-corrected chi connectivity index (χ0v) is 8.28. The largest absolute Gasteiger partial charge is 0.507 e. The van der Waals surface area contributed by atoms with Crippen LogP contribution in [0.3, 0.4) is 0 Å². The van der Waals surface area contributed by atoms with Crippen molar-refractivity contribution in [3.8, 4) is 11.8 Å². The van der Waals surface area contributed by atoms with E-state index in [1.165, 1.54) is 12.1 Å². The zero-order chi connectivity index (χ0) is 11.3. The summed E-state index contributed by atoms with van der Waals surface area (Å²) in [6.45, 7) is 0. The molecule has 0 heterocycles. The second-order valence-electron chi connectivity index (χ2n) is 2.88. The highest BCUT2D eigenvalue weighted by Crippen LogP contribution is 2.18. The van der Waals surface area contributed by atoms with E-state index in [2.05, 4.69) is 5.32 Å². The Morgan fingerprint density at radius 1 is 1.60 bits per heavy atom. The highest BCUT2D eigenvalue weighted by Gasteiger charge is 2.03. The Morgan fingerprint density at radius 3 is 2.87 bits per heavy atom. The third kappa shape index (κ3) is 2.58. The van der Waals surface area contributed by atoms with Crippen LogP contribution in [-0.4, -0.2) is 17.9 Å². The standard InChI is InChI=1S/C11H11N3O/c1-14-5-4-10(13)8-2-3-9(7-12)11(15)6-8/h2-6,13-15H,1H3/b5-4-,13-10?. The van der Waals surface area contributed by atoms with Gasteiger partial charge in [0.1, 0.15) is 11.8 Å². The molecule has 4 heteroatoms. The molecular weight excluding hydrogens is 190 g/mol. The van der Waals surface area contributed by atoms with Crippen LogP contribution in [0.1, 0.15) is 11.1 Å². The number of allylic oxidation sites excluding steroid dienone is 1. The van der Waals surface area contributed by atoms with Crippen molar-refractivity contribution in [2.24, 2.45) is 0 Å². The van der Waals surface area contributed by atoms with Crippen molar-refractivity contribution in [1.29, 1.82) is 10.7 Å². The molecule has 0 aliphatic carbocycles. The molecule has 4 nitrogen and oxygen atoms in total. The molecule has 1 aromatic carbocycles. The van der Waals surface area contributed by atoms with Gasteiger partial charge in [-0.1, -0.05) is 6.07 Å². The average Bonchev–Trinajstić information content (AvgIpc) is 2.25. The number of hydrogen-bond acceptors (Lipinski definition) is 4. The lowest BCUT2D eigenvalue weighted by Gasteiger charge is -2.01. The third-order valence-corrected chi connectivity index (χ3v) is 1.85. The molecule has 0 radical (unpaired) electrons. The molecule has 0 unspecified atom stereocenters. The first-order chi connectivity index (χ1) is 7.19. The van der Waals surface area contributed by atoms with Crippen LogP contribution in [0.15, 0.2) is 30.5 Å². The van der Waals surface area contributed by atoms with Gasteiger partial charge in [0.2, 0.25) is 0 Å². The molecule has 0 saturated heterocycles. The number of hydrogen-bond donors (Lipinski definition) is 3. The van der Waals surface area contributed by atoms with Gasteiger partial charge < -0.3 is 15.8 Å². The number of aromatic hydroxyl groups is 1. The fourth-order valence-corrected chi connectivity index (χ4v) is 1.06. The molecule has 0 aromatic heterocycles. The van der Waals surface area contributed by atoms with Crippen LogP contribution in [0.25, 0.3) is 0 Å². The van der Waals surface area contributed by atoms with Crippen LogP contribution in [0.4, 0.5) is 0 Å². The highest BCUT2D eigenvalue weighted by molar-refractivity contribution is 6.06. The molecular formula is C11H11N3O. The summed E-state index contributed by atoms with van der Waals surface area (Å²) in [6, 6.07) is 6.38. The first kappa shape index (κ1) is 10.8. The molecule has 3 N–H and O–H groups in total. The number of phenolic OH excluding ortho intramolecular Hbond substituents is 1. The van der Waals surface area contributed by atoms with Gasteiger partial charge in [-0.05, 0) is 24.4 Å². The molecule has 1 rings (SSSR count). The number of benzene rings is 1. The minimum absolute atomic E-state index is 0.0994. The molecule has 15 heavy (non-hydrogen) atoms. The minimum Gasteiger partial charge on any atom is -0.507 e. The topological polar surface area (TPSA) is 79.9 Å². The molecule has 0 saturated carbocycles. The number of nitriles is 1. The molecule has 0 spiro atoms. The van der Waals surface area contributed by atoms with Gasteiger partial charge in [0.25, 0.3) is 0 Å². The monoisotopic (exact) mass is 201 g/mol. The van der Waals surface area contributed by atoms with E-state index in [-0.39, 0.29) is 17.0 Å². The zero-order valence-electron chi connectivity index (χ0n) is 8.28. The normalized spacial score (nSPS) is 9.87. The summed E-state index contributed by atoms with van der Waals surface area (Å²) < 4.78 is 0. The Kier molecular flexibility index (Phi) is 3.47. The molecule has 0 amide bonds. The summed E-state index contributed by atoms with van der Waals surface area (Å²) in [5.41, 5.74) is 1.05. The first-order valence-electron chi connectivity index (χ1n) is 4.35.